The molecule has 1 rings (SSSR count). The molecule has 18 heavy (non-hydrogen) atoms. The van der Waals surface area contributed by atoms with E-state index < -0.39 is 5.97 Å². The van der Waals surface area contributed by atoms with Gasteiger partial charge in [-0.25, -0.2) is 0 Å². The first-order valence-electron chi connectivity index (χ1n) is 7.56. The van der Waals surface area contributed by atoms with Gasteiger partial charge in [-0.05, 0) is 19.3 Å². The maximum Gasteiger partial charge on any atom is 0.306 e. The second-order valence-corrected chi connectivity index (χ2v) is 5.49. The highest BCUT2D eigenvalue weighted by molar-refractivity contribution is 5.69. The van der Waals surface area contributed by atoms with E-state index in [9.17, 15) is 4.79 Å². The first-order valence-corrected chi connectivity index (χ1v) is 7.56. The maximum atomic E-state index is 10.4. The van der Waals surface area contributed by atoms with Crippen molar-refractivity contribution < 1.29 is 9.90 Å². The molecule has 0 aromatic carbocycles. The molecule has 1 unspecified atom stereocenters. The number of nitrogens with two attached hydrogens (primary N) is 1. The van der Waals surface area contributed by atoms with Crippen LogP contribution < -0.4 is 5.73 Å². The first-order chi connectivity index (χ1) is 8.57. The minimum absolute atomic E-state index is 0.160. The molecule has 3 heteroatoms. The van der Waals surface area contributed by atoms with Crippen molar-refractivity contribution in [3.05, 3.63) is 0 Å². The van der Waals surface area contributed by atoms with Gasteiger partial charge >= 0.3 is 5.97 Å². The third-order valence-corrected chi connectivity index (χ3v) is 3.56. The summed E-state index contributed by atoms with van der Waals surface area (Å²) in [5.41, 5.74) is 5.63. The fourth-order valence-electron chi connectivity index (χ4n) is 2.13. The van der Waals surface area contributed by atoms with Gasteiger partial charge in [0.15, 0.2) is 0 Å². The summed E-state index contributed by atoms with van der Waals surface area (Å²) in [6.07, 6.45) is 12.2. The van der Waals surface area contributed by atoms with Crippen molar-refractivity contribution in [1.29, 1.82) is 0 Å². The minimum Gasteiger partial charge on any atom is -0.481 e. The van der Waals surface area contributed by atoms with Crippen molar-refractivity contribution in [2.75, 3.05) is 0 Å². The topological polar surface area (TPSA) is 63.3 Å². The quantitative estimate of drug-likeness (QED) is 0.708. The van der Waals surface area contributed by atoms with Crippen LogP contribution in [0.2, 0.25) is 0 Å². The Balaban J connectivity index is 0.000000351. The SMILES string of the molecule is CCCCCCC(C)C(=O)O.NC1CCCCC1. The van der Waals surface area contributed by atoms with E-state index in [1.54, 1.807) is 6.92 Å². The van der Waals surface area contributed by atoms with Gasteiger partial charge in [0.05, 0.1) is 5.92 Å². The van der Waals surface area contributed by atoms with E-state index in [4.69, 9.17) is 10.8 Å². The summed E-state index contributed by atoms with van der Waals surface area (Å²) in [4.78, 5) is 10.4. The highest BCUT2D eigenvalue weighted by Crippen LogP contribution is 2.14. The number of carboxylic acid groups (broad SMARTS) is 1. The molecule has 108 valence electrons. The summed E-state index contributed by atoms with van der Waals surface area (Å²) in [7, 11) is 0. The van der Waals surface area contributed by atoms with Gasteiger partial charge in [-0.2, -0.15) is 0 Å². The molecular formula is C15H31NO2. The number of aliphatic carboxylic acids is 1. The average Bonchev–Trinajstić information content (AvgIpc) is 2.36. The largest absolute Gasteiger partial charge is 0.481 e. The summed E-state index contributed by atoms with van der Waals surface area (Å²) < 4.78 is 0. The van der Waals surface area contributed by atoms with Crippen LogP contribution in [0.5, 0.6) is 0 Å². The molecule has 0 aromatic heterocycles. The number of carboxylic acids is 1. The predicted molar refractivity (Wildman–Crippen MR) is 76.6 cm³/mol. The van der Waals surface area contributed by atoms with Crippen molar-refractivity contribution >= 4 is 5.97 Å². The lowest BCUT2D eigenvalue weighted by Gasteiger charge is -2.15. The monoisotopic (exact) mass is 257 g/mol. The Morgan fingerprint density at radius 3 is 2.22 bits per heavy atom. The molecule has 3 N–H and O–H groups in total. The summed E-state index contributed by atoms with van der Waals surface area (Å²) in [6.45, 7) is 3.93. The van der Waals surface area contributed by atoms with Crippen LogP contribution in [-0.2, 0) is 4.79 Å². The van der Waals surface area contributed by atoms with Gasteiger partial charge in [0.1, 0.15) is 0 Å². The molecule has 3 nitrogen and oxygen atoms in total. The maximum absolute atomic E-state index is 10.4. The second kappa shape index (κ2) is 11.5. The highest BCUT2D eigenvalue weighted by Gasteiger charge is 2.08. The van der Waals surface area contributed by atoms with E-state index in [-0.39, 0.29) is 5.92 Å². The normalized spacial score (nSPS) is 17.7. The van der Waals surface area contributed by atoms with Crippen LogP contribution in [0.3, 0.4) is 0 Å². The van der Waals surface area contributed by atoms with E-state index in [2.05, 4.69) is 6.92 Å². The lowest BCUT2D eigenvalue weighted by molar-refractivity contribution is -0.141. The van der Waals surface area contributed by atoms with Crippen molar-refractivity contribution in [3.8, 4) is 0 Å². The molecule has 1 aliphatic carbocycles. The Morgan fingerprint density at radius 1 is 1.22 bits per heavy atom. The van der Waals surface area contributed by atoms with Crippen LogP contribution in [0.25, 0.3) is 0 Å². The van der Waals surface area contributed by atoms with Gasteiger partial charge in [0, 0.05) is 6.04 Å². The number of rotatable bonds is 6. The van der Waals surface area contributed by atoms with Crippen LogP contribution in [0, 0.1) is 5.92 Å². The Labute approximate surface area is 112 Å². The van der Waals surface area contributed by atoms with Crippen LogP contribution in [-0.4, -0.2) is 17.1 Å². The molecule has 0 aromatic rings. The summed E-state index contributed by atoms with van der Waals surface area (Å²) in [6, 6.07) is 0.536. The van der Waals surface area contributed by atoms with E-state index in [1.807, 2.05) is 0 Å². The standard InChI is InChI=1S/C9H18O2.C6H13N/c1-3-4-5-6-7-8(2)9(10)11;7-6-4-2-1-3-5-6/h8H,3-7H2,1-2H3,(H,10,11);6H,1-5,7H2. The molecule has 0 spiro atoms. The number of carbonyl (C=O) groups is 1. The average molecular weight is 257 g/mol. The van der Waals surface area contributed by atoms with Gasteiger partial charge in [-0.15, -0.1) is 0 Å². The van der Waals surface area contributed by atoms with Crippen molar-refractivity contribution in [2.45, 2.75) is 84.1 Å². The first kappa shape index (κ1) is 17.4. The predicted octanol–water partition coefficient (Wildman–Crippen LogP) is 3.96. The summed E-state index contributed by atoms with van der Waals surface area (Å²) in [5, 5.41) is 8.54. The molecule has 0 bridgehead atoms. The Morgan fingerprint density at radius 2 is 1.83 bits per heavy atom. The fraction of sp³-hybridized carbons (Fsp3) is 0.933. The van der Waals surface area contributed by atoms with Crippen LogP contribution in [0.4, 0.5) is 0 Å². The van der Waals surface area contributed by atoms with Gasteiger partial charge in [0.2, 0.25) is 0 Å². The fourth-order valence-corrected chi connectivity index (χ4v) is 2.13. The summed E-state index contributed by atoms with van der Waals surface area (Å²) in [5.74, 6) is -0.826. The lowest BCUT2D eigenvalue weighted by atomic mass is 9.97. The number of unbranched alkanes of at least 4 members (excludes halogenated alkanes) is 3. The van der Waals surface area contributed by atoms with Gasteiger partial charge in [-0.1, -0.05) is 58.8 Å². The van der Waals surface area contributed by atoms with Crippen molar-refractivity contribution in [3.63, 3.8) is 0 Å². The van der Waals surface area contributed by atoms with Gasteiger partial charge in [0.25, 0.3) is 0 Å². The highest BCUT2D eigenvalue weighted by atomic mass is 16.4. The zero-order valence-corrected chi connectivity index (χ0v) is 12.2. The van der Waals surface area contributed by atoms with Crippen LogP contribution in [0.1, 0.15) is 78.1 Å². The van der Waals surface area contributed by atoms with E-state index in [1.165, 1.54) is 51.4 Å². The molecule has 0 saturated heterocycles. The molecule has 0 heterocycles. The molecule has 1 saturated carbocycles. The zero-order chi connectivity index (χ0) is 13.8. The molecule has 0 aliphatic heterocycles. The Hall–Kier alpha value is -0.570. The van der Waals surface area contributed by atoms with E-state index in [0.29, 0.717) is 6.04 Å². The van der Waals surface area contributed by atoms with Crippen LogP contribution >= 0.6 is 0 Å². The number of hydrogen-bond donors (Lipinski definition) is 2. The smallest absolute Gasteiger partial charge is 0.306 e. The molecule has 0 amide bonds. The van der Waals surface area contributed by atoms with E-state index in [0.717, 1.165) is 12.8 Å². The lowest BCUT2D eigenvalue weighted by Crippen LogP contribution is -2.22. The molecule has 1 atom stereocenters. The van der Waals surface area contributed by atoms with E-state index >= 15 is 0 Å². The zero-order valence-electron chi connectivity index (χ0n) is 12.2. The van der Waals surface area contributed by atoms with Crippen molar-refractivity contribution in [1.82, 2.24) is 0 Å². The minimum atomic E-state index is -0.665. The third kappa shape index (κ3) is 10.6. The Bertz CT molecular complexity index is 201. The molecular weight excluding hydrogens is 226 g/mol. The van der Waals surface area contributed by atoms with Gasteiger partial charge in [-0.3, -0.25) is 4.79 Å². The molecule has 1 fully saturated rings. The molecule has 0 radical (unpaired) electrons. The third-order valence-electron chi connectivity index (χ3n) is 3.56. The molecule has 1 aliphatic rings. The van der Waals surface area contributed by atoms with Gasteiger partial charge < -0.3 is 10.8 Å². The van der Waals surface area contributed by atoms with Crippen molar-refractivity contribution in [2.24, 2.45) is 11.7 Å². The summed E-state index contributed by atoms with van der Waals surface area (Å²) >= 11 is 0. The second-order valence-electron chi connectivity index (χ2n) is 5.49. The van der Waals surface area contributed by atoms with Crippen LogP contribution in [0.15, 0.2) is 0 Å². The Kier molecular flexibility index (Phi) is 11.2. The number of hydrogen-bond acceptors (Lipinski definition) is 2.